The first-order valence-electron chi connectivity index (χ1n) is 13.2. The first-order valence-corrected chi connectivity index (χ1v) is 14.7. The summed E-state index contributed by atoms with van der Waals surface area (Å²) in [6, 6.07) is 14.9. The zero-order chi connectivity index (χ0) is 28.9. The van der Waals surface area contributed by atoms with E-state index in [0.717, 1.165) is 25.7 Å². The van der Waals surface area contributed by atoms with Crippen molar-refractivity contribution in [2.45, 2.75) is 38.0 Å². The molecule has 1 amide bonds. The van der Waals surface area contributed by atoms with Crippen molar-refractivity contribution in [1.29, 1.82) is 0 Å². The van der Waals surface area contributed by atoms with Crippen molar-refractivity contribution in [1.82, 2.24) is 9.66 Å². The maximum atomic E-state index is 13.9. The van der Waals surface area contributed by atoms with Gasteiger partial charge in [0.1, 0.15) is 11.6 Å². The molecule has 0 bridgehead atoms. The van der Waals surface area contributed by atoms with Crippen LogP contribution in [0.15, 0.2) is 73.4 Å². The maximum Gasteiger partial charge on any atom is 0.282 e. The quantitative estimate of drug-likeness (QED) is 0.201. The average Bonchev–Trinajstić information content (AvgIpc) is 2.99. The largest absolute Gasteiger partial charge is 0.493 e. The minimum atomic E-state index is -0.543. The van der Waals surface area contributed by atoms with Crippen molar-refractivity contribution in [3.63, 3.8) is 0 Å². The number of carbonyl (C=O) groups is 1. The second-order valence-electron chi connectivity index (χ2n) is 9.63. The lowest BCUT2D eigenvalue weighted by Gasteiger charge is -2.22. The van der Waals surface area contributed by atoms with E-state index in [2.05, 4.69) is 42.3 Å². The molecular weight excluding hydrogens is 659 g/mol. The van der Waals surface area contributed by atoms with Crippen LogP contribution in [0, 0.1) is 5.82 Å². The van der Waals surface area contributed by atoms with E-state index in [1.54, 1.807) is 24.4 Å². The summed E-state index contributed by atoms with van der Waals surface area (Å²) in [7, 11) is 1.47. The van der Waals surface area contributed by atoms with E-state index < -0.39 is 11.7 Å². The molecule has 212 valence electrons. The highest BCUT2D eigenvalue weighted by atomic mass is 79.9. The highest BCUT2D eigenvalue weighted by Crippen LogP contribution is 2.42. The Labute approximate surface area is 252 Å². The van der Waals surface area contributed by atoms with Crippen LogP contribution in [0.3, 0.4) is 0 Å². The highest BCUT2D eigenvalue weighted by Gasteiger charge is 2.23. The number of para-hydroxylation sites is 2. The van der Waals surface area contributed by atoms with Crippen LogP contribution in [0.25, 0.3) is 10.9 Å². The summed E-state index contributed by atoms with van der Waals surface area (Å²) >= 11 is 7.08. The predicted octanol–water partition coefficient (Wildman–Crippen LogP) is 7.02. The number of methoxy groups -OCH3 is 1. The number of hydrogen-bond donors (Lipinski definition) is 1. The summed E-state index contributed by atoms with van der Waals surface area (Å²) in [4.78, 5) is 30.8. The maximum absolute atomic E-state index is 13.9. The molecule has 1 aliphatic carbocycles. The number of aromatic nitrogens is 2. The topological polar surface area (TPSA) is 94.8 Å². The van der Waals surface area contributed by atoms with E-state index in [1.165, 1.54) is 36.4 Å². The Morgan fingerprint density at radius 3 is 2.61 bits per heavy atom. The molecule has 11 heteroatoms. The fourth-order valence-electron chi connectivity index (χ4n) is 4.87. The number of carbonyl (C=O) groups excluding carboxylic acids is 1. The van der Waals surface area contributed by atoms with Gasteiger partial charge in [0.25, 0.3) is 11.5 Å². The Morgan fingerprint density at radius 2 is 1.85 bits per heavy atom. The molecule has 1 heterocycles. The average molecular weight is 686 g/mol. The van der Waals surface area contributed by atoms with Gasteiger partial charge in [0.2, 0.25) is 0 Å². The Bertz CT molecular complexity index is 1690. The number of amides is 1. The monoisotopic (exact) mass is 684 g/mol. The van der Waals surface area contributed by atoms with Gasteiger partial charge in [-0.25, -0.2) is 9.37 Å². The van der Waals surface area contributed by atoms with Gasteiger partial charge in [0.05, 0.1) is 34.4 Å². The van der Waals surface area contributed by atoms with Gasteiger partial charge in [-0.1, -0.05) is 43.5 Å². The van der Waals surface area contributed by atoms with Gasteiger partial charge in [-0.05, 0) is 75.0 Å². The number of halogens is 3. The van der Waals surface area contributed by atoms with Crippen LogP contribution in [-0.2, 0) is 4.79 Å². The molecule has 0 unspecified atom stereocenters. The smallest absolute Gasteiger partial charge is 0.282 e. The summed E-state index contributed by atoms with van der Waals surface area (Å²) in [5.74, 6) is 0.328. The zero-order valence-corrected chi connectivity index (χ0v) is 25.4. The van der Waals surface area contributed by atoms with Gasteiger partial charge in [-0.15, -0.1) is 0 Å². The van der Waals surface area contributed by atoms with Crippen molar-refractivity contribution < 1.29 is 18.7 Å². The Morgan fingerprint density at radius 1 is 1.12 bits per heavy atom. The highest BCUT2D eigenvalue weighted by molar-refractivity contribution is 9.13. The lowest BCUT2D eigenvalue weighted by atomic mass is 9.88. The molecule has 0 aliphatic heterocycles. The van der Waals surface area contributed by atoms with E-state index in [-0.39, 0.29) is 29.5 Å². The molecule has 1 aliphatic rings. The van der Waals surface area contributed by atoms with Crippen LogP contribution in [-0.4, -0.2) is 35.5 Å². The van der Waals surface area contributed by atoms with Gasteiger partial charge in [-0.3, -0.25) is 9.59 Å². The van der Waals surface area contributed by atoms with E-state index in [1.807, 2.05) is 18.2 Å². The van der Waals surface area contributed by atoms with Crippen LogP contribution in [0.4, 0.5) is 10.1 Å². The van der Waals surface area contributed by atoms with Gasteiger partial charge < -0.3 is 14.8 Å². The van der Waals surface area contributed by atoms with Crippen molar-refractivity contribution >= 4 is 60.6 Å². The molecule has 0 saturated heterocycles. The number of benzene rings is 3. The van der Waals surface area contributed by atoms with Crippen LogP contribution in [0.5, 0.6) is 11.5 Å². The van der Waals surface area contributed by atoms with E-state index in [0.29, 0.717) is 37.0 Å². The molecule has 0 radical (unpaired) electrons. The molecule has 0 spiro atoms. The molecule has 4 aromatic rings. The van der Waals surface area contributed by atoms with Crippen LogP contribution in [0.1, 0.15) is 49.4 Å². The second-order valence-corrected chi connectivity index (χ2v) is 11.2. The lowest BCUT2D eigenvalue weighted by molar-refractivity contribution is -0.118. The molecule has 0 atom stereocenters. The normalized spacial score (nSPS) is 14.0. The Balaban J connectivity index is 1.44. The van der Waals surface area contributed by atoms with Crippen molar-refractivity contribution in [2.75, 3.05) is 19.0 Å². The first-order chi connectivity index (χ1) is 19.9. The van der Waals surface area contributed by atoms with Crippen molar-refractivity contribution in [2.24, 2.45) is 5.10 Å². The van der Waals surface area contributed by atoms with Gasteiger partial charge in [0.15, 0.2) is 18.1 Å². The Kier molecular flexibility index (Phi) is 9.14. The summed E-state index contributed by atoms with van der Waals surface area (Å²) in [5, 5.41) is 7.59. The standard InChI is InChI=1S/C30H27Br2FN4O4/c1-40-24-15-19(26(31)27(32)28(24)41-17-25(38)35-23-14-8-6-12-21(23)33)16-34-37-29(18-9-3-2-4-10-18)36-22-13-7-5-11-20(22)30(37)39/h5-8,11-16,18H,2-4,9-10,17H2,1H3,(H,35,38). The molecule has 1 N–H and O–H groups in total. The minimum Gasteiger partial charge on any atom is -0.493 e. The zero-order valence-electron chi connectivity index (χ0n) is 22.2. The van der Waals surface area contributed by atoms with Crippen molar-refractivity contribution in [3.05, 3.63) is 91.1 Å². The number of ether oxygens (including phenoxy) is 2. The van der Waals surface area contributed by atoms with Gasteiger partial charge in [-0.2, -0.15) is 9.78 Å². The summed E-state index contributed by atoms with van der Waals surface area (Å²) < 4.78 is 27.6. The molecule has 8 nitrogen and oxygen atoms in total. The molecule has 1 fully saturated rings. The molecule has 41 heavy (non-hydrogen) atoms. The number of nitrogens with one attached hydrogen (secondary N) is 1. The molecular formula is C30H27Br2FN4O4. The van der Waals surface area contributed by atoms with Crippen LogP contribution in [0.2, 0.25) is 0 Å². The summed E-state index contributed by atoms with van der Waals surface area (Å²) in [5.41, 5.74) is 1.10. The Hall–Kier alpha value is -3.57. The van der Waals surface area contributed by atoms with Crippen LogP contribution >= 0.6 is 31.9 Å². The number of fused-ring (bicyclic) bond motifs is 1. The fraction of sp³-hybridized carbons (Fsp3) is 0.267. The third-order valence-electron chi connectivity index (χ3n) is 6.93. The molecule has 3 aromatic carbocycles. The van der Waals surface area contributed by atoms with Gasteiger partial charge >= 0.3 is 0 Å². The number of anilines is 1. The number of nitrogens with zero attached hydrogens (tertiary/aromatic N) is 3. The molecule has 1 aromatic heterocycles. The third-order valence-corrected chi connectivity index (χ3v) is 9.08. The SMILES string of the molecule is COc1cc(C=Nn2c(C3CCCCC3)nc3ccccc3c2=O)c(Br)c(Br)c1OCC(=O)Nc1ccccc1F. The van der Waals surface area contributed by atoms with E-state index in [4.69, 9.17) is 14.5 Å². The number of hydrogen-bond acceptors (Lipinski definition) is 6. The molecule has 1 saturated carbocycles. The minimum absolute atomic E-state index is 0.0610. The lowest BCUT2D eigenvalue weighted by Crippen LogP contribution is -2.25. The van der Waals surface area contributed by atoms with Crippen LogP contribution < -0.4 is 20.3 Å². The van der Waals surface area contributed by atoms with E-state index in [9.17, 15) is 14.0 Å². The predicted molar refractivity (Wildman–Crippen MR) is 164 cm³/mol. The fourth-order valence-corrected chi connectivity index (χ4v) is 5.80. The van der Waals surface area contributed by atoms with Crippen molar-refractivity contribution in [3.8, 4) is 11.5 Å². The summed E-state index contributed by atoms with van der Waals surface area (Å²) in [6.07, 6.45) is 6.84. The van der Waals surface area contributed by atoms with Gasteiger partial charge in [0, 0.05) is 16.0 Å². The molecule has 5 rings (SSSR count). The van der Waals surface area contributed by atoms with E-state index >= 15 is 0 Å². The summed E-state index contributed by atoms with van der Waals surface area (Å²) in [6.45, 7) is -0.383. The first kappa shape index (κ1) is 28.9. The number of rotatable bonds is 8. The third kappa shape index (κ3) is 6.36. The second kappa shape index (κ2) is 12.9.